The maximum atomic E-state index is 12.0. The van der Waals surface area contributed by atoms with Gasteiger partial charge in [-0.25, -0.2) is 0 Å². The Morgan fingerprint density at radius 2 is 1.86 bits per heavy atom. The second-order valence-corrected chi connectivity index (χ2v) is 3.90. The van der Waals surface area contributed by atoms with E-state index in [2.05, 4.69) is 0 Å². The van der Waals surface area contributed by atoms with Gasteiger partial charge in [-0.1, -0.05) is 18.2 Å². The number of rotatable bonds is 2. The number of benzene rings is 1. The van der Waals surface area contributed by atoms with Crippen molar-refractivity contribution < 1.29 is 22.6 Å². The highest BCUT2D eigenvalue weighted by atomic mass is 31.1. The lowest BCUT2D eigenvalue weighted by atomic mass is 10.1. The van der Waals surface area contributed by atoms with E-state index in [0.717, 1.165) is 0 Å². The lowest BCUT2D eigenvalue weighted by molar-refractivity contribution is -0.127. The molecule has 0 aliphatic carbocycles. The SMILES string of the molecule is O=[PH](O)c1ccccc1CC(F)(F)F. The summed E-state index contributed by atoms with van der Waals surface area (Å²) < 4.78 is 46.8. The average molecular weight is 224 g/mol. The Morgan fingerprint density at radius 3 is 2.36 bits per heavy atom. The zero-order chi connectivity index (χ0) is 10.8. The lowest BCUT2D eigenvalue weighted by Crippen LogP contribution is -2.17. The van der Waals surface area contributed by atoms with Crippen molar-refractivity contribution in [3.8, 4) is 0 Å². The first kappa shape index (κ1) is 11.3. The Balaban J connectivity index is 3.02. The van der Waals surface area contributed by atoms with Crippen LogP contribution < -0.4 is 5.30 Å². The second kappa shape index (κ2) is 4.15. The van der Waals surface area contributed by atoms with Crippen LogP contribution in [0.3, 0.4) is 0 Å². The summed E-state index contributed by atoms with van der Waals surface area (Å²) in [5.41, 5.74) is -0.133. The maximum Gasteiger partial charge on any atom is 0.393 e. The van der Waals surface area contributed by atoms with Crippen molar-refractivity contribution in [2.45, 2.75) is 12.6 Å². The normalized spacial score (nSPS) is 14.0. The molecule has 1 unspecified atom stereocenters. The largest absolute Gasteiger partial charge is 0.393 e. The molecule has 0 fully saturated rings. The molecule has 0 aliphatic rings. The van der Waals surface area contributed by atoms with Crippen LogP contribution in [-0.4, -0.2) is 11.1 Å². The standard InChI is InChI=1S/C8H8F3O2P/c9-8(10,11)5-6-3-1-2-4-7(6)14(12)13/h1-4,14H,5H2,(H,12,13). The molecule has 0 saturated heterocycles. The van der Waals surface area contributed by atoms with Crippen LogP contribution in [0.15, 0.2) is 24.3 Å². The molecule has 6 heteroatoms. The molecular weight excluding hydrogens is 216 g/mol. The number of hydrogen-bond acceptors (Lipinski definition) is 1. The molecule has 78 valence electrons. The van der Waals surface area contributed by atoms with Gasteiger partial charge in [-0.2, -0.15) is 13.2 Å². The molecule has 0 aromatic heterocycles. The van der Waals surface area contributed by atoms with E-state index >= 15 is 0 Å². The predicted octanol–water partition coefficient (Wildman–Crippen LogP) is 1.88. The summed E-state index contributed by atoms with van der Waals surface area (Å²) in [5.74, 6) is 0. The van der Waals surface area contributed by atoms with Crippen LogP contribution in [-0.2, 0) is 11.0 Å². The Hall–Kier alpha value is -0.800. The first-order chi connectivity index (χ1) is 6.40. The minimum atomic E-state index is -4.35. The van der Waals surface area contributed by atoms with E-state index in [-0.39, 0.29) is 10.9 Å². The van der Waals surface area contributed by atoms with E-state index in [0.29, 0.717) is 0 Å². The van der Waals surface area contributed by atoms with Gasteiger partial charge in [0.15, 0.2) is 0 Å². The van der Waals surface area contributed by atoms with E-state index < -0.39 is 20.6 Å². The fourth-order valence-corrected chi connectivity index (χ4v) is 1.78. The fraction of sp³-hybridized carbons (Fsp3) is 0.250. The molecule has 1 aromatic carbocycles. The van der Waals surface area contributed by atoms with Gasteiger partial charge in [0.05, 0.1) is 6.42 Å². The van der Waals surface area contributed by atoms with Crippen molar-refractivity contribution in [3.05, 3.63) is 29.8 Å². The van der Waals surface area contributed by atoms with Crippen molar-refractivity contribution in [3.63, 3.8) is 0 Å². The zero-order valence-corrected chi connectivity index (χ0v) is 8.01. The highest BCUT2D eigenvalue weighted by Crippen LogP contribution is 2.24. The van der Waals surface area contributed by atoms with Gasteiger partial charge in [0.1, 0.15) is 0 Å². The van der Waals surface area contributed by atoms with Gasteiger partial charge in [0.2, 0.25) is 8.03 Å². The molecule has 0 amide bonds. The first-order valence-corrected chi connectivity index (χ1v) is 5.13. The van der Waals surface area contributed by atoms with Gasteiger partial charge in [0.25, 0.3) is 0 Å². The summed E-state index contributed by atoms with van der Waals surface area (Å²) >= 11 is 0. The van der Waals surface area contributed by atoms with E-state index in [9.17, 15) is 17.7 Å². The molecule has 1 atom stereocenters. The van der Waals surface area contributed by atoms with Crippen LogP contribution in [0.1, 0.15) is 5.56 Å². The lowest BCUT2D eigenvalue weighted by Gasteiger charge is -2.09. The molecule has 0 aliphatic heterocycles. The molecule has 0 spiro atoms. The summed E-state index contributed by atoms with van der Waals surface area (Å²) in [4.78, 5) is 8.78. The van der Waals surface area contributed by atoms with Crippen LogP contribution in [0.4, 0.5) is 13.2 Å². The predicted molar refractivity (Wildman–Crippen MR) is 47.1 cm³/mol. The second-order valence-electron chi connectivity index (χ2n) is 2.75. The van der Waals surface area contributed by atoms with Gasteiger partial charge >= 0.3 is 6.18 Å². The van der Waals surface area contributed by atoms with Crippen LogP contribution >= 0.6 is 8.03 Å². The van der Waals surface area contributed by atoms with Crippen LogP contribution in [0, 0.1) is 0 Å². The molecule has 0 saturated carbocycles. The molecule has 2 nitrogen and oxygen atoms in total. The van der Waals surface area contributed by atoms with E-state index in [4.69, 9.17) is 4.89 Å². The minimum Gasteiger partial charge on any atom is -0.343 e. The fourth-order valence-electron chi connectivity index (χ4n) is 1.10. The molecule has 1 rings (SSSR count). The molecule has 0 heterocycles. The molecule has 1 N–H and O–H groups in total. The summed E-state index contributed by atoms with van der Waals surface area (Å²) in [6, 6.07) is 5.30. The molecule has 14 heavy (non-hydrogen) atoms. The van der Waals surface area contributed by atoms with Gasteiger partial charge in [-0.15, -0.1) is 0 Å². The van der Waals surface area contributed by atoms with Gasteiger partial charge in [0, 0.05) is 5.30 Å². The van der Waals surface area contributed by atoms with Crippen molar-refractivity contribution in [2.75, 3.05) is 0 Å². The smallest absolute Gasteiger partial charge is 0.343 e. The quantitative estimate of drug-likeness (QED) is 0.779. The zero-order valence-electron chi connectivity index (χ0n) is 7.01. The van der Waals surface area contributed by atoms with E-state index in [1.165, 1.54) is 24.3 Å². The van der Waals surface area contributed by atoms with Crippen molar-refractivity contribution >= 4 is 13.3 Å². The summed E-state index contributed by atoms with van der Waals surface area (Å²) in [6.45, 7) is 0. The summed E-state index contributed by atoms with van der Waals surface area (Å²) in [7, 11) is -3.06. The van der Waals surface area contributed by atoms with Crippen molar-refractivity contribution in [2.24, 2.45) is 0 Å². The average Bonchev–Trinajstić information content (AvgIpc) is 2.01. The molecule has 1 aromatic rings. The van der Waals surface area contributed by atoms with Crippen LogP contribution in [0.25, 0.3) is 0 Å². The number of halogens is 3. The Morgan fingerprint density at radius 1 is 1.29 bits per heavy atom. The number of alkyl halides is 3. The van der Waals surface area contributed by atoms with Gasteiger partial charge in [-0.3, -0.25) is 4.57 Å². The molecular formula is C8H8F3O2P. The number of hydrogen-bond donors (Lipinski definition) is 1. The highest BCUT2D eigenvalue weighted by molar-refractivity contribution is 7.47. The maximum absolute atomic E-state index is 12.0. The summed E-state index contributed by atoms with van der Waals surface area (Å²) in [5, 5.41) is -0.116. The molecule has 0 bridgehead atoms. The third-order valence-electron chi connectivity index (χ3n) is 1.64. The highest BCUT2D eigenvalue weighted by Gasteiger charge is 2.29. The summed E-state index contributed by atoms with van der Waals surface area (Å²) in [6.07, 6.45) is -5.52. The topological polar surface area (TPSA) is 37.3 Å². The van der Waals surface area contributed by atoms with Gasteiger partial charge < -0.3 is 4.89 Å². The van der Waals surface area contributed by atoms with Crippen LogP contribution in [0.5, 0.6) is 0 Å². The Bertz CT molecular complexity index is 349. The van der Waals surface area contributed by atoms with E-state index in [1.807, 2.05) is 0 Å². The first-order valence-electron chi connectivity index (χ1n) is 3.78. The Labute approximate surface area is 79.2 Å². The van der Waals surface area contributed by atoms with Crippen LogP contribution in [0.2, 0.25) is 0 Å². The third-order valence-corrected chi connectivity index (χ3v) is 2.59. The van der Waals surface area contributed by atoms with Crippen molar-refractivity contribution in [1.82, 2.24) is 0 Å². The Kier molecular flexibility index (Phi) is 3.34. The molecule has 0 radical (unpaired) electrons. The van der Waals surface area contributed by atoms with E-state index in [1.54, 1.807) is 0 Å². The minimum absolute atomic E-state index is 0.116. The third kappa shape index (κ3) is 3.16. The monoisotopic (exact) mass is 224 g/mol. The van der Waals surface area contributed by atoms with Gasteiger partial charge in [-0.05, 0) is 11.6 Å². The van der Waals surface area contributed by atoms with Crippen molar-refractivity contribution in [1.29, 1.82) is 0 Å².